The Morgan fingerprint density at radius 3 is 2.52 bits per heavy atom. The van der Waals surface area contributed by atoms with Crippen LogP contribution in [0.1, 0.15) is 18.4 Å². The van der Waals surface area contributed by atoms with Crippen molar-refractivity contribution in [1.82, 2.24) is 15.1 Å². The van der Waals surface area contributed by atoms with Crippen LogP contribution < -0.4 is 10.1 Å². The van der Waals surface area contributed by atoms with Gasteiger partial charge in [0.05, 0.1) is 12.7 Å². The number of nitrogens with one attached hydrogen (secondary N) is 1. The summed E-state index contributed by atoms with van der Waals surface area (Å²) in [6.07, 6.45) is 1.78. The summed E-state index contributed by atoms with van der Waals surface area (Å²) in [5, 5.41) is 3.50. The summed E-state index contributed by atoms with van der Waals surface area (Å²) >= 11 is 0. The average molecular weight is 409 g/mol. The predicted molar refractivity (Wildman–Crippen MR) is 111 cm³/mol. The second kappa shape index (κ2) is 10.2. The van der Waals surface area contributed by atoms with Crippen LogP contribution in [0.4, 0.5) is 4.39 Å². The summed E-state index contributed by atoms with van der Waals surface area (Å²) in [5.41, 5.74) is 0.773. The molecule has 0 radical (unpaired) electrons. The molecule has 162 valence electrons. The van der Waals surface area contributed by atoms with Crippen LogP contribution >= 0.6 is 0 Å². The molecule has 2 saturated heterocycles. The van der Waals surface area contributed by atoms with E-state index in [1.54, 1.807) is 19.2 Å². The van der Waals surface area contributed by atoms with Crippen LogP contribution in [0, 0.1) is 5.82 Å². The van der Waals surface area contributed by atoms with Gasteiger partial charge in [-0.15, -0.1) is 0 Å². The van der Waals surface area contributed by atoms with E-state index in [4.69, 9.17) is 14.2 Å². The van der Waals surface area contributed by atoms with E-state index in [2.05, 4.69) is 20.1 Å². The number of methoxy groups -OCH3 is 2. The molecule has 1 N–H and O–H groups in total. The van der Waals surface area contributed by atoms with Gasteiger partial charge in [0.2, 0.25) is 0 Å². The van der Waals surface area contributed by atoms with E-state index in [1.807, 2.05) is 13.1 Å². The summed E-state index contributed by atoms with van der Waals surface area (Å²) < 4.78 is 30.2. The molecule has 8 heteroatoms. The molecule has 0 atom stereocenters. The first kappa shape index (κ1) is 21.8. The average Bonchev–Trinajstić information content (AvgIpc) is 2.76. The SMILES string of the molecule is CN=C(NCC1(OC)CCOCC1)N1CCN(Cc2ccc(OC)c(F)c2)CC1. The van der Waals surface area contributed by atoms with Gasteiger partial charge in [0.1, 0.15) is 0 Å². The summed E-state index contributed by atoms with van der Waals surface area (Å²) in [7, 11) is 5.07. The van der Waals surface area contributed by atoms with Crippen LogP contribution in [0.3, 0.4) is 0 Å². The quantitative estimate of drug-likeness (QED) is 0.572. The fraction of sp³-hybridized carbons (Fsp3) is 0.667. The van der Waals surface area contributed by atoms with Crippen LogP contribution in [-0.4, -0.2) is 88.6 Å². The van der Waals surface area contributed by atoms with Crippen LogP contribution in [0.15, 0.2) is 23.2 Å². The number of hydrogen-bond donors (Lipinski definition) is 1. The molecule has 2 aliphatic rings. The van der Waals surface area contributed by atoms with Gasteiger partial charge in [-0.2, -0.15) is 0 Å². The lowest BCUT2D eigenvalue weighted by molar-refractivity contribution is -0.0858. The summed E-state index contributed by atoms with van der Waals surface area (Å²) in [5.74, 6) is 0.878. The predicted octanol–water partition coefficient (Wildman–Crippen LogP) is 1.72. The van der Waals surface area contributed by atoms with Gasteiger partial charge >= 0.3 is 0 Å². The molecule has 29 heavy (non-hydrogen) atoms. The molecule has 0 aromatic heterocycles. The van der Waals surface area contributed by atoms with E-state index in [9.17, 15) is 4.39 Å². The number of rotatable bonds is 6. The number of halogens is 1. The summed E-state index contributed by atoms with van der Waals surface area (Å²) in [4.78, 5) is 9.07. The first-order valence-electron chi connectivity index (χ1n) is 10.2. The smallest absolute Gasteiger partial charge is 0.193 e. The number of benzene rings is 1. The van der Waals surface area contributed by atoms with Crippen LogP contribution in [0.25, 0.3) is 0 Å². The monoisotopic (exact) mass is 408 g/mol. The molecule has 2 heterocycles. The van der Waals surface area contributed by atoms with Crippen molar-refractivity contribution in [2.45, 2.75) is 25.0 Å². The zero-order chi connectivity index (χ0) is 20.7. The molecular formula is C21H33FN4O3. The van der Waals surface area contributed by atoms with E-state index in [0.717, 1.165) is 76.8 Å². The Bertz CT molecular complexity index is 687. The van der Waals surface area contributed by atoms with Gasteiger partial charge in [-0.3, -0.25) is 9.89 Å². The Kier molecular flexibility index (Phi) is 7.69. The molecule has 0 spiro atoms. The Hall–Kier alpha value is -1.90. The number of nitrogens with zero attached hydrogens (tertiary/aromatic N) is 3. The zero-order valence-electron chi connectivity index (χ0n) is 17.7. The minimum Gasteiger partial charge on any atom is -0.494 e. The second-order valence-electron chi connectivity index (χ2n) is 7.63. The minimum absolute atomic E-state index is 0.186. The van der Waals surface area contributed by atoms with Crippen molar-refractivity contribution in [2.24, 2.45) is 4.99 Å². The zero-order valence-corrected chi connectivity index (χ0v) is 17.7. The fourth-order valence-electron chi connectivity index (χ4n) is 3.95. The third-order valence-corrected chi connectivity index (χ3v) is 5.91. The molecule has 0 unspecified atom stereocenters. The highest BCUT2D eigenvalue weighted by Gasteiger charge is 2.33. The fourth-order valence-corrected chi connectivity index (χ4v) is 3.95. The van der Waals surface area contributed by atoms with Crippen molar-refractivity contribution in [1.29, 1.82) is 0 Å². The first-order valence-corrected chi connectivity index (χ1v) is 10.2. The lowest BCUT2D eigenvalue weighted by atomic mass is 9.94. The molecule has 0 saturated carbocycles. The molecule has 0 aliphatic carbocycles. The van der Waals surface area contributed by atoms with Gasteiger partial charge in [-0.05, 0) is 17.7 Å². The van der Waals surface area contributed by atoms with Gasteiger partial charge in [0, 0.05) is 79.5 Å². The van der Waals surface area contributed by atoms with E-state index in [1.165, 1.54) is 7.11 Å². The Morgan fingerprint density at radius 1 is 1.21 bits per heavy atom. The lowest BCUT2D eigenvalue weighted by Gasteiger charge is -2.39. The highest BCUT2D eigenvalue weighted by atomic mass is 19.1. The Labute approximate surface area is 172 Å². The molecule has 2 aliphatic heterocycles. The highest BCUT2D eigenvalue weighted by molar-refractivity contribution is 5.80. The van der Waals surface area contributed by atoms with Crippen LogP contribution in [0.2, 0.25) is 0 Å². The Morgan fingerprint density at radius 2 is 1.93 bits per heavy atom. The third kappa shape index (κ3) is 5.58. The minimum atomic E-state index is -0.312. The Balaban J connectivity index is 1.49. The molecule has 2 fully saturated rings. The van der Waals surface area contributed by atoms with Crippen molar-refractivity contribution in [3.05, 3.63) is 29.6 Å². The van der Waals surface area contributed by atoms with Gasteiger partial charge in [-0.25, -0.2) is 4.39 Å². The van der Waals surface area contributed by atoms with Crippen LogP contribution in [-0.2, 0) is 16.0 Å². The van der Waals surface area contributed by atoms with E-state index < -0.39 is 0 Å². The molecule has 7 nitrogen and oxygen atoms in total. The normalized spacial score (nSPS) is 20.6. The standard InChI is InChI=1S/C21H33FN4O3/c1-23-20(24-16-21(28-3)6-12-29-13-7-21)26-10-8-25(9-11-26)15-17-4-5-19(27-2)18(22)14-17/h4-5,14H,6-13,15-16H2,1-3H3,(H,23,24). The third-order valence-electron chi connectivity index (χ3n) is 5.91. The molecule has 0 bridgehead atoms. The molecule has 0 amide bonds. The van der Waals surface area contributed by atoms with Gasteiger partial charge < -0.3 is 24.4 Å². The largest absolute Gasteiger partial charge is 0.494 e. The maximum Gasteiger partial charge on any atom is 0.193 e. The number of piperazine rings is 1. The van der Waals surface area contributed by atoms with Gasteiger partial charge in [-0.1, -0.05) is 6.07 Å². The van der Waals surface area contributed by atoms with Gasteiger partial charge in [0.15, 0.2) is 17.5 Å². The van der Waals surface area contributed by atoms with Crippen molar-refractivity contribution in [2.75, 3.05) is 67.2 Å². The molecule has 1 aromatic carbocycles. The second-order valence-corrected chi connectivity index (χ2v) is 7.63. The lowest BCUT2D eigenvalue weighted by Crippen LogP contribution is -2.55. The first-order chi connectivity index (χ1) is 14.1. The van der Waals surface area contributed by atoms with E-state index in [-0.39, 0.29) is 17.2 Å². The topological polar surface area (TPSA) is 58.6 Å². The number of ether oxygens (including phenoxy) is 3. The summed E-state index contributed by atoms with van der Waals surface area (Å²) in [6.45, 7) is 6.48. The van der Waals surface area contributed by atoms with Crippen molar-refractivity contribution >= 4 is 5.96 Å². The molecule has 1 aromatic rings. The maximum atomic E-state index is 13.9. The number of aliphatic imine (C=N–C) groups is 1. The van der Waals surface area contributed by atoms with E-state index in [0.29, 0.717) is 0 Å². The van der Waals surface area contributed by atoms with Crippen LogP contribution in [0.5, 0.6) is 5.75 Å². The molecular weight excluding hydrogens is 375 g/mol. The molecule has 3 rings (SSSR count). The van der Waals surface area contributed by atoms with E-state index >= 15 is 0 Å². The van der Waals surface area contributed by atoms with Gasteiger partial charge in [0.25, 0.3) is 0 Å². The van der Waals surface area contributed by atoms with Crippen molar-refractivity contribution in [3.8, 4) is 5.75 Å². The number of hydrogen-bond acceptors (Lipinski definition) is 5. The van der Waals surface area contributed by atoms with Crippen molar-refractivity contribution < 1.29 is 18.6 Å². The number of guanidine groups is 1. The summed E-state index contributed by atoms with van der Waals surface area (Å²) in [6, 6.07) is 5.17. The maximum absolute atomic E-state index is 13.9. The highest BCUT2D eigenvalue weighted by Crippen LogP contribution is 2.24. The van der Waals surface area contributed by atoms with Crippen molar-refractivity contribution in [3.63, 3.8) is 0 Å².